The summed E-state index contributed by atoms with van der Waals surface area (Å²) in [4.78, 5) is 12.3. The second kappa shape index (κ2) is 6.24. The van der Waals surface area contributed by atoms with Crippen LogP contribution in [0.25, 0.3) is 0 Å². The molecule has 2 aromatic carbocycles. The molecule has 1 heterocycles. The van der Waals surface area contributed by atoms with E-state index in [1.807, 2.05) is 0 Å². The lowest BCUT2D eigenvalue weighted by atomic mass is 10.1. The number of halogens is 4. The van der Waals surface area contributed by atoms with Crippen molar-refractivity contribution in [1.29, 1.82) is 0 Å². The largest absolute Gasteiger partial charge is 0.486 e. The van der Waals surface area contributed by atoms with Crippen LogP contribution in [0.4, 0.5) is 18.9 Å². The molecule has 24 heavy (non-hydrogen) atoms. The Labute approximate surface area is 140 Å². The van der Waals surface area contributed by atoms with Crippen molar-refractivity contribution in [2.24, 2.45) is 0 Å². The Morgan fingerprint density at radius 3 is 2.62 bits per heavy atom. The Bertz CT molecular complexity index is 793. The second-order valence-corrected chi connectivity index (χ2v) is 5.42. The Hall–Kier alpha value is -2.41. The Kier molecular flexibility index (Phi) is 4.28. The molecule has 0 saturated heterocycles. The van der Waals surface area contributed by atoms with Gasteiger partial charge in [-0.2, -0.15) is 13.2 Å². The number of amides is 1. The Balaban J connectivity index is 1.84. The van der Waals surface area contributed by atoms with E-state index in [0.717, 1.165) is 12.1 Å². The van der Waals surface area contributed by atoms with E-state index in [2.05, 4.69) is 5.32 Å². The fraction of sp³-hybridized carbons (Fsp3) is 0.188. The molecule has 1 amide bonds. The molecule has 2 aromatic rings. The first-order chi connectivity index (χ1) is 11.3. The summed E-state index contributed by atoms with van der Waals surface area (Å²) in [5, 5.41) is 2.61. The number of hydrogen-bond acceptors (Lipinski definition) is 3. The van der Waals surface area contributed by atoms with Crippen molar-refractivity contribution in [3.05, 3.63) is 52.5 Å². The lowest BCUT2D eigenvalue weighted by molar-refractivity contribution is -0.137. The van der Waals surface area contributed by atoms with E-state index in [1.54, 1.807) is 0 Å². The molecule has 3 rings (SSSR count). The number of rotatable bonds is 2. The van der Waals surface area contributed by atoms with Crippen LogP contribution < -0.4 is 14.8 Å². The molecule has 0 aromatic heterocycles. The van der Waals surface area contributed by atoms with Gasteiger partial charge in [-0.25, -0.2) is 0 Å². The molecule has 0 aliphatic carbocycles. The fourth-order valence-electron chi connectivity index (χ4n) is 2.22. The highest BCUT2D eigenvalue weighted by Crippen LogP contribution is 2.38. The van der Waals surface area contributed by atoms with Gasteiger partial charge in [0.25, 0.3) is 5.91 Å². The third kappa shape index (κ3) is 3.41. The predicted octanol–water partition coefficient (Wildman–Crippen LogP) is 4.38. The molecule has 0 spiro atoms. The molecule has 1 aliphatic heterocycles. The number of carbonyl (C=O) groups is 1. The van der Waals surface area contributed by atoms with E-state index in [1.165, 1.54) is 24.3 Å². The number of ether oxygens (including phenoxy) is 2. The number of hydrogen-bond donors (Lipinski definition) is 1. The lowest BCUT2D eigenvalue weighted by Gasteiger charge is -2.20. The maximum Gasteiger partial charge on any atom is 0.416 e. The molecule has 4 nitrogen and oxygen atoms in total. The van der Waals surface area contributed by atoms with Gasteiger partial charge >= 0.3 is 6.18 Å². The van der Waals surface area contributed by atoms with Gasteiger partial charge in [-0.1, -0.05) is 17.7 Å². The molecular weight excluding hydrogens is 347 g/mol. The number of alkyl halides is 3. The van der Waals surface area contributed by atoms with Crippen molar-refractivity contribution in [1.82, 2.24) is 0 Å². The molecule has 1 N–H and O–H groups in total. The van der Waals surface area contributed by atoms with Gasteiger partial charge in [0.15, 0.2) is 11.5 Å². The summed E-state index contributed by atoms with van der Waals surface area (Å²) in [6.07, 6.45) is -4.49. The molecule has 0 saturated carbocycles. The van der Waals surface area contributed by atoms with Gasteiger partial charge in [-0.15, -0.1) is 0 Å². The minimum Gasteiger partial charge on any atom is -0.486 e. The monoisotopic (exact) mass is 357 g/mol. The average Bonchev–Trinajstić information content (AvgIpc) is 2.54. The van der Waals surface area contributed by atoms with Crippen LogP contribution >= 0.6 is 11.6 Å². The van der Waals surface area contributed by atoms with E-state index >= 15 is 0 Å². The normalized spacial score (nSPS) is 13.5. The van der Waals surface area contributed by atoms with E-state index < -0.39 is 17.6 Å². The van der Waals surface area contributed by atoms with Crippen molar-refractivity contribution in [3.63, 3.8) is 0 Å². The van der Waals surface area contributed by atoms with Gasteiger partial charge in [0.1, 0.15) is 13.2 Å². The van der Waals surface area contributed by atoms with Crippen LogP contribution in [0, 0.1) is 0 Å². The van der Waals surface area contributed by atoms with E-state index in [9.17, 15) is 18.0 Å². The Morgan fingerprint density at radius 1 is 1.12 bits per heavy atom. The van der Waals surface area contributed by atoms with Crippen molar-refractivity contribution < 1.29 is 27.4 Å². The first kappa shape index (κ1) is 16.4. The van der Waals surface area contributed by atoms with Crippen LogP contribution in [0.15, 0.2) is 36.4 Å². The highest BCUT2D eigenvalue weighted by Gasteiger charge is 2.30. The predicted molar refractivity (Wildman–Crippen MR) is 81.8 cm³/mol. The van der Waals surface area contributed by atoms with Crippen molar-refractivity contribution in [2.45, 2.75) is 6.18 Å². The minimum atomic E-state index is -4.49. The molecule has 0 fully saturated rings. The van der Waals surface area contributed by atoms with Crippen molar-refractivity contribution >= 4 is 23.2 Å². The van der Waals surface area contributed by atoms with Gasteiger partial charge in [-0.3, -0.25) is 4.79 Å². The summed E-state index contributed by atoms with van der Waals surface area (Å²) < 4.78 is 48.8. The molecule has 0 atom stereocenters. The van der Waals surface area contributed by atoms with E-state index in [4.69, 9.17) is 21.1 Å². The van der Waals surface area contributed by atoms with Crippen LogP contribution in [-0.4, -0.2) is 19.1 Å². The van der Waals surface area contributed by atoms with Gasteiger partial charge < -0.3 is 14.8 Å². The summed E-state index contributed by atoms with van der Waals surface area (Å²) in [6, 6.07) is 7.18. The van der Waals surface area contributed by atoms with Crippen LogP contribution in [0.5, 0.6) is 11.5 Å². The quantitative estimate of drug-likeness (QED) is 0.867. The zero-order valence-corrected chi connectivity index (χ0v) is 12.9. The highest BCUT2D eigenvalue weighted by atomic mass is 35.5. The first-order valence-corrected chi connectivity index (χ1v) is 7.30. The molecule has 0 bridgehead atoms. The molecule has 126 valence electrons. The fourth-order valence-corrected chi connectivity index (χ4v) is 2.48. The number of anilines is 1. The third-order valence-electron chi connectivity index (χ3n) is 3.31. The molecule has 0 radical (unpaired) electrons. The maximum atomic E-state index is 12.7. The highest BCUT2D eigenvalue weighted by molar-refractivity contribution is 6.32. The Morgan fingerprint density at radius 2 is 1.88 bits per heavy atom. The maximum absolute atomic E-state index is 12.7. The SMILES string of the molecule is O=C(Nc1cccc(C(F)(F)F)c1)c1cc(Cl)c2c(c1)OCCO2. The number of benzene rings is 2. The smallest absolute Gasteiger partial charge is 0.416 e. The molecule has 0 unspecified atom stereocenters. The van der Waals surface area contributed by atoms with Crippen molar-refractivity contribution in [3.8, 4) is 11.5 Å². The van der Waals surface area contributed by atoms with Crippen molar-refractivity contribution in [2.75, 3.05) is 18.5 Å². The van der Waals surface area contributed by atoms with E-state index in [0.29, 0.717) is 24.7 Å². The van der Waals surface area contributed by atoms with Gasteiger partial charge in [0, 0.05) is 11.3 Å². The topological polar surface area (TPSA) is 47.6 Å². The first-order valence-electron chi connectivity index (χ1n) is 6.92. The summed E-state index contributed by atoms with van der Waals surface area (Å²) >= 11 is 6.05. The number of fused-ring (bicyclic) bond motifs is 1. The molecule has 8 heteroatoms. The van der Waals surface area contributed by atoms with Crippen LogP contribution in [0.1, 0.15) is 15.9 Å². The molecular formula is C16H11ClF3NO3. The third-order valence-corrected chi connectivity index (χ3v) is 3.59. The average molecular weight is 358 g/mol. The summed E-state index contributed by atoms with van der Waals surface area (Å²) in [5.41, 5.74) is -0.664. The molecule has 1 aliphatic rings. The standard InChI is InChI=1S/C16H11ClF3NO3/c17-12-6-9(7-13-14(12)24-5-4-23-13)15(22)21-11-3-1-2-10(8-11)16(18,19)20/h1-3,6-8H,4-5H2,(H,21,22). The van der Waals surface area contributed by atoms with Crippen LogP contribution in [-0.2, 0) is 6.18 Å². The second-order valence-electron chi connectivity index (χ2n) is 5.01. The number of nitrogens with one attached hydrogen (secondary N) is 1. The van der Waals surface area contributed by atoms with Gasteiger partial charge in [-0.05, 0) is 30.3 Å². The summed E-state index contributed by atoms with van der Waals surface area (Å²) in [7, 11) is 0. The minimum absolute atomic E-state index is 0.0286. The van der Waals surface area contributed by atoms with Gasteiger partial charge in [0.05, 0.1) is 10.6 Å². The summed E-state index contributed by atoms with van der Waals surface area (Å²) in [6.45, 7) is 0.671. The zero-order valence-electron chi connectivity index (χ0n) is 12.1. The lowest BCUT2D eigenvalue weighted by Crippen LogP contribution is -2.18. The van der Waals surface area contributed by atoms with Gasteiger partial charge in [0.2, 0.25) is 0 Å². The van der Waals surface area contributed by atoms with Crippen LogP contribution in [0.3, 0.4) is 0 Å². The number of carbonyl (C=O) groups excluding carboxylic acids is 1. The zero-order chi connectivity index (χ0) is 17.3. The van der Waals surface area contributed by atoms with E-state index in [-0.39, 0.29) is 16.3 Å². The van der Waals surface area contributed by atoms with Crippen LogP contribution in [0.2, 0.25) is 5.02 Å². The summed E-state index contributed by atoms with van der Waals surface area (Å²) in [5.74, 6) is 0.0645.